The zero-order chi connectivity index (χ0) is 21.2. The van der Waals surface area contributed by atoms with Crippen LogP contribution in [0, 0.1) is 13.8 Å². The first-order valence-corrected chi connectivity index (χ1v) is 11.9. The minimum absolute atomic E-state index is 0.00231. The lowest BCUT2D eigenvalue weighted by Gasteiger charge is -2.34. The molecule has 0 aliphatic heterocycles. The van der Waals surface area contributed by atoms with Gasteiger partial charge in [0.05, 0.1) is 11.1 Å². The van der Waals surface area contributed by atoms with Gasteiger partial charge in [-0.15, -0.1) is 11.3 Å². The fourth-order valence-electron chi connectivity index (χ4n) is 3.37. The number of nitrogens with zero attached hydrogens (tertiary/aromatic N) is 3. The second kappa shape index (κ2) is 9.44. The molecule has 2 atom stereocenters. The monoisotopic (exact) mass is 423 g/mol. The van der Waals surface area contributed by atoms with Crippen LogP contribution in [0.5, 0.6) is 0 Å². The predicted octanol–water partition coefficient (Wildman–Crippen LogP) is 5.17. The van der Waals surface area contributed by atoms with Crippen LogP contribution in [-0.4, -0.2) is 38.2 Å². The lowest BCUT2D eigenvalue weighted by molar-refractivity contribution is -0.132. The molecule has 0 saturated carbocycles. The largest absolute Gasteiger partial charge is 0.337 e. The molecule has 0 radical (unpaired) electrons. The van der Waals surface area contributed by atoms with Crippen molar-refractivity contribution in [2.24, 2.45) is 0 Å². The van der Waals surface area contributed by atoms with Gasteiger partial charge in [-0.2, -0.15) is 0 Å². The lowest BCUT2D eigenvalue weighted by Crippen LogP contribution is -2.45. The van der Waals surface area contributed by atoms with Gasteiger partial charge in [0.1, 0.15) is 4.83 Å². The second-order valence-corrected chi connectivity index (χ2v) is 9.88. The number of hydrogen-bond acceptors (Lipinski definition) is 5. The number of thioether (sulfide) groups is 1. The third-order valence-electron chi connectivity index (χ3n) is 5.46. The summed E-state index contributed by atoms with van der Waals surface area (Å²) in [5.74, 6) is 0.403. The van der Waals surface area contributed by atoms with E-state index in [0.717, 1.165) is 28.1 Å². The number of carbonyl (C=O) groups is 1. The van der Waals surface area contributed by atoms with Crippen LogP contribution in [0.25, 0.3) is 10.2 Å². The van der Waals surface area contributed by atoms with Gasteiger partial charge >= 0.3 is 0 Å². The topological polar surface area (TPSA) is 55.2 Å². The Balaban J connectivity index is 2.39. The number of aromatic nitrogens is 2. The van der Waals surface area contributed by atoms with Gasteiger partial charge in [-0.3, -0.25) is 14.2 Å². The Labute approximate surface area is 176 Å². The first-order valence-electron chi connectivity index (χ1n) is 10.1. The first-order chi connectivity index (χ1) is 13.1. The van der Waals surface area contributed by atoms with E-state index in [2.05, 4.69) is 27.7 Å². The number of aryl methyl sites for hydroxylation is 2. The van der Waals surface area contributed by atoms with E-state index in [4.69, 9.17) is 4.98 Å². The van der Waals surface area contributed by atoms with Gasteiger partial charge in [0.25, 0.3) is 5.56 Å². The van der Waals surface area contributed by atoms with Crippen LogP contribution in [0.2, 0.25) is 0 Å². The van der Waals surface area contributed by atoms with Crippen molar-refractivity contribution >= 4 is 39.2 Å². The standard InChI is InChI=1S/C21H33N3O2S2/c1-9-13(5)24(14(6)10-2)17(25)11-27-21-22-19-18(15(7)16(8)28-19)20(26)23(21)12(3)4/h12-14H,9-11H2,1-8H3/t13-,14-/m1/s1. The van der Waals surface area contributed by atoms with Gasteiger partial charge in [0.15, 0.2) is 5.16 Å². The first kappa shape index (κ1) is 22.9. The quantitative estimate of drug-likeness (QED) is 0.434. The van der Waals surface area contributed by atoms with Crippen LogP contribution in [-0.2, 0) is 4.79 Å². The van der Waals surface area contributed by atoms with E-state index in [0.29, 0.717) is 16.3 Å². The van der Waals surface area contributed by atoms with Gasteiger partial charge in [-0.05, 0) is 59.9 Å². The number of rotatable bonds is 8. The Morgan fingerprint density at radius 3 is 2.21 bits per heavy atom. The molecule has 0 saturated heterocycles. The molecule has 0 N–H and O–H groups in total. The van der Waals surface area contributed by atoms with E-state index < -0.39 is 0 Å². The molecule has 0 fully saturated rings. The van der Waals surface area contributed by atoms with E-state index in [-0.39, 0.29) is 29.6 Å². The molecule has 2 heterocycles. The average Bonchev–Trinajstić information content (AvgIpc) is 2.93. The molecule has 156 valence electrons. The Bertz CT molecular complexity index is 891. The molecule has 2 aromatic heterocycles. The maximum atomic E-state index is 13.1. The molecule has 2 aromatic rings. The summed E-state index contributed by atoms with van der Waals surface area (Å²) in [4.78, 5) is 34.8. The molecule has 0 aliphatic rings. The Kier molecular flexibility index (Phi) is 7.73. The minimum Gasteiger partial charge on any atom is -0.337 e. The van der Waals surface area contributed by atoms with Crippen LogP contribution in [0.3, 0.4) is 0 Å². The van der Waals surface area contributed by atoms with Crippen LogP contribution in [0.1, 0.15) is 70.9 Å². The zero-order valence-electron chi connectivity index (χ0n) is 18.3. The van der Waals surface area contributed by atoms with Crippen molar-refractivity contribution in [1.29, 1.82) is 0 Å². The van der Waals surface area contributed by atoms with E-state index in [1.165, 1.54) is 11.8 Å². The van der Waals surface area contributed by atoms with Crippen molar-refractivity contribution in [2.75, 3.05) is 5.75 Å². The summed E-state index contributed by atoms with van der Waals surface area (Å²) in [5.41, 5.74) is 1.01. The molecule has 2 rings (SSSR count). The van der Waals surface area contributed by atoms with Crippen LogP contribution < -0.4 is 5.56 Å². The molecule has 0 unspecified atom stereocenters. The smallest absolute Gasteiger partial charge is 0.263 e. The minimum atomic E-state index is -0.0122. The van der Waals surface area contributed by atoms with Gasteiger partial charge in [-0.25, -0.2) is 4.98 Å². The highest BCUT2D eigenvalue weighted by molar-refractivity contribution is 7.99. The van der Waals surface area contributed by atoms with Crippen molar-refractivity contribution < 1.29 is 4.79 Å². The number of amides is 1. The SMILES string of the molecule is CC[C@@H](C)N(C(=O)CSc1nc2sc(C)c(C)c2c(=O)n1C(C)C)[C@H](C)CC. The molecule has 0 spiro atoms. The van der Waals surface area contributed by atoms with Gasteiger partial charge < -0.3 is 4.90 Å². The molecule has 1 amide bonds. The third-order valence-corrected chi connectivity index (χ3v) is 7.50. The van der Waals surface area contributed by atoms with Gasteiger partial charge in [-0.1, -0.05) is 25.6 Å². The van der Waals surface area contributed by atoms with E-state index >= 15 is 0 Å². The number of fused-ring (bicyclic) bond motifs is 1. The van der Waals surface area contributed by atoms with Crippen LogP contribution in [0.4, 0.5) is 0 Å². The molecular formula is C21H33N3O2S2. The highest BCUT2D eigenvalue weighted by Crippen LogP contribution is 2.29. The maximum Gasteiger partial charge on any atom is 0.263 e. The van der Waals surface area contributed by atoms with Crippen molar-refractivity contribution in [3.63, 3.8) is 0 Å². The molecule has 0 aromatic carbocycles. The van der Waals surface area contributed by atoms with Crippen molar-refractivity contribution in [1.82, 2.24) is 14.5 Å². The van der Waals surface area contributed by atoms with E-state index in [9.17, 15) is 9.59 Å². The molecule has 7 heteroatoms. The second-order valence-electron chi connectivity index (χ2n) is 7.73. The highest BCUT2D eigenvalue weighted by atomic mass is 32.2. The van der Waals surface area contributed by atoms with Gasteiger partial charge in [0.2, 0.25) is 5.91 Å². The fraction of sp³-hybridized carbons (Fsp3) is 0.667. The summed E-state index contributed by atoms with van der Waals surface area (Å²) in [5, 5.41) is 1.35. The zero-order valence-corrected chi connectivity index (χ0v) is 20.0. The number of carbonyl (C=O) groups excluding carboxylic acids is 1. The summed E-state index contributed by atoms with van der Waals surface area (Å²) < 4.78 is 1.73. The summed E-state index contributed by atoms with van der Waals surface area (Å²) in [6.45, 7) is 16.4. The molecular weight excluding hydrogens is 390 g/mol. The predicted molar refractivity (Wildman–Crippen MR) is 121 cm³/mol. The van der Waals surface area contributed by atoms with Gasteiger partial charge in [0, 0.05) is 23.0 Å². The molecule has 28 heavy (non-hydrogen) atoms. The Morgan fingerprint density at radius 2 is 1.71 bits per heavy atom. The van der Waals surface area contributed by atoms with Crippen molar-refractivity contribution in [3.05, 3.63) is 20.8 Å². The fourth-order valence-corrected chi connectivity index (χ4v) is 5.43. The average molecular weight is 424 g/mol. The Hall–Kier alpha value is -1.34. The maximum absolute atomic E-state index is 13.1. The summed E-state index contributed by atoms with van der Waals surface area (Å²) in [6, 6.07) is 0.392. The van der Waals surface area contributed by atoms with E-state index in [1.54, 1.807) is 15.9 Å². The summed E-state index contributed by atoms with van der Waals surface area (Å²) in [6.07, 6.45) is 1.85. The number of hydrogen-bond donors (Lipinski definition) is 0. The molecule has 5 nitrogen and oxygen atoms in total. The molecule has 0 bridgehead atoms. The normalized spacial score (nSPS) is 13.9. The lowest BCUT2D eigenvalue weighted by atomic mass is 10.1. The van der Waals surface area contributed by atoms with Crippen LogP contribution >= 0.6 is 23.1 Å². The summed E-state index contributed by atoms with van der Waals surface area (Å²) in [7, 11) is 0. The Morgan fingerprint density at radius 1 is 1.14 bits per heavy atom. The highest BCUT2D eigenvalue weighted by Gasteiger charge is 2.25. The molecule has 0 aliphatic carbocycles. The van der Waals surface area contributed by atoms with Crippen LogP contribution in [0.15, 0.2) is 9.95 Å². The van der Waals surface area contributed by atoms with Crippen molar-refractivity contribution in [2.45, 2.75) is 91.5 Å². The van der Waals surface area contributed by atoms with Crippen molar-refractivity contribution in [3.8, 4) is 0 Å². The summed E-state index contributed by atoms with van der Waals surface area (Å²) >= 11 is 2.93. The number of thiophene rings is 1. The van der Waals surface area contributed by atoms with E-state index in [1.807, 2.05) is 32.6 Å². The third kappa shape index (κ3) is 4.46.